The number of nitrogens with zero attached hydrogens (tertiary/aromatic N) is 2. The fourth-order valence-electron chi connectivity index (χ4n) is 0. The van der Waals surface area contributed by atoms with E-state index < -0.39 is 0 Å². The Labute approximate surface area is 60.1 Å². The first kappa shape index (κ1) is 16.2. The van der Waals surface area contributed by atoms with Gasteiger partial charge < -0.3 is 34.1 Å². The maximum Gasteiger partial charge on any atom is 4.00 e. The normalized spacial score (nSPS) is 2.40. The number of hydrogen-bond acceptors (Lipinski definition) is 0. The quantitative estimate of drug-likeness (QED) is 0.560. The van der Waals surface area contributed by atoms with E-state index in [9.17, 15) is 0 Å². The zero-order chi connectivity index (χ0) is 4.00. The van der Waals surface area contributed by atoms with Crippen molar-refractivity contribution in [2.24, 2.45) is 0 Å². The Hall–Kier alpha value is 1.38. The van der Waals surface area contributed by atoms with Crippen molar-refractivity contribution in [3.63, 3.8) is 0 Å². The van der Waals surface area contributed by atoms with Crippen LogP contribution in [0.15, 0.2) is 0 Å². The molecular formula is Cl2N2Zr. The molecule has 5 heavy (non-hydrogen) atoms. The second-order valence-corrected chi connectivity index (χ2v) is 0. The summed E-state index contributed by atoms with van der Waals surface area (Å²) in [4.78, 5) is 0. The maximum absolute atomic E-state index is 6.47. The molecule has 0 saturated carbocycles. The molecule has 0 aromatic carbocycles. The summed E-state index contributed by atoms with van der Waals surface area (Å²) < 4.78 is 0. The van der Waals surface area contributed by atoms with Crippen LogP contribution >= 0.6 is 23.6 Å². The zero-order valence-corrected chi connectivity index (χ0v) is 6.12. The van der Waals surface area contributed by atoms with E-state index in [0.29, 0.717) is 0 Å². The third-order valence-corrected chi connectivity index (χ3v) is 0. The molecule has 0 fully saturated rings. The van der Waals surface area contributed by atoms with Crippen molar-refractivity contribution in [1.82, 2.24) is 0 Å². The van der Waals surface area contributed by atoms with Crippen LogP contribution < -0.4 is 0 Å². The van der Waals surface area contributed by atoms with Crippen LogP contribution in [0.5, 0.6) is 0 Å². The minimum absolute atomic E-state index is 0. The van der Waals surface area contributed by atoms with Gasteiger partial charge in [0.05, 0.1) is 0 Å². The number of rotatable bonds is 0. The molecule has 5 heteroatoms. The summed E-state index contributed by atoms with van der Waals surface area (Å²) in [6.07, 6.45) is 0. The fourth-order valence-corrected chi connectivity index (χ4v) is 0. The van der Waals surface area contributed by atoms with Gasteiger partial charge in [0.25, 0.3) is 0 Å². The van der Waals surface area contributed by atoms with E-state index in [4.69, 9.17) is 10.5 Å². The summed E-state index contributed by atoms with van der Waals surface area (Å²) in [6.45, 7) is 0. The third kappa shape index (κ3) is 32.2. The zero-order valence-electron chi connectivity index (χ0n) is 2.15. The summed E-state index contributed by atoms with van der Waals surface area (Å²) >= 11 is 7.28. The summed E-state index contributed by atoms with van der Waals surface area (Å²) in [7, 11) is 0. The molecule has 2 nitrogen and oxygen atoms in total. The van der Waals surface area contributed by atoms with Crippen molar-refractivity contribution < 1.29 is 26.2 Å². The molecule has 0 aliphatic carbocycles. The summed E-state index contributed by atoms with van der Waals surface area (Å²) in [5.74, 6) is 0. The van der Waals surface area contributed by atoms with Gasteiger partial charge in [-0.15, -0.1) is 0 Å². The Balaban J connectivity index is -0.0000000133. The van der Waals surface area contributed by atoms with Crippen LogP contribution in [-0.2, 0) is 26.2 Å². The molecule has 0 bridgehead atoms. The van der Waals surface area contributed by atoms with Gasteiger partial charge in [0.15, 0.2) is 0 Å². The molecule has 0 saturated heterocycles. The van der Waals surface area contributed by atoms with E-state index in [-0.39, 0.29) is 26.2 Å². The molecule has 0 aliphatic rings. The van der Waals surface area contributed by atoms with Crippen molar-refractivity contribution in [2.45, 2.75) is 0 Å². The van der Waals surface area contributed by atoms with Gasteiger partial charge >= 0.3 is 26.2 Å². The molecule has 0 atom stereocenters. The van der Waals surface area contributed by atoms with Crippen molar-refractivity contribution in [3.05, 3.63) is 10.5 Å². The Kier molecular flexibility index (Phi) is 175. The second-order valence-electron chi connectivity index (χ2n) is 0. The molecule has 0 heterocycles. The van der Waals surface area contributed by atoms with Crippen LogP contribution in [0.25, 0.3) is 10.5 Å². The Morgan fingerprint density at radius 1 is 0.800 bits per heavy atom. The van der Waals surface area contributed by atoms with Crippen LogP contribution in [0, 0.1) is 0 Å². The van der Waals surface area contributed by atoms with Gasteiger partial charge in [-0.3, -0.25) is 0 Å². The predicted molar refractivity (Wildman–Crippen MR) is 18.4 cm³/mol. The van der Waals surface area contributed by atoms with Crippen molar-refractivity contribution in [3.8, 4) is 0 Å². The van der Waals surface area contributed by atoms with Crippen LogP contribution in [0.3, 0.4) is 0 Å². The topological polar surface area (TPSA) is 44.6 Å². The van der Waals surface area contributed by atoms with E-state index in [0.717, 1.165) is 0 Å². The Morgan fingerprint density at radius 3 is 0.800 bits per heavy atom. The molecule has 0 aromatic heterocycles. The second kappa shape index (κ2) is 54.1. The number of halogens is 2. The van der Waals surface area contributed by atoms with Gasteiger partial charge in [0.2, 0.25) is 0 Å². The van der Waals surface area contributed by atoms with Crippen LogP contribution in [0.4, 0.5) is 0 Å². The van der Waals surface area contributed by atoms with Gasteiger partial charge in [0, 0.05) is 0 Å². The van der Waals surface area contributed by atoms with E-state index in [1.54, 1.807) is 0 Å². The minimum atomic E-state index is 0. The number of hydrogen-bond donors (Lipinski definition) is 0. The van der Waals surface area contributed by atoms with Crippen molar-refractivity contribution in [1.29, 1.82) is 0 Å². The van der Waals surface area contributed by atoms with E-state index >= 15 is 0 Å². The molecule has 0 aliphatic heterocycles. The summed E-state index contributed by atoms with van der Waals surface area (Å²) in [6, 6.07) is 0. The molecule has 28 valence electrons. The van der Waals surface area contributed by atoms with Crippen LogP contribution in [0.2, 0.25) is 0 Å². The molecule has 0 rings (SSSR count). The Morgan fingerprint density at radius 2 is 0.800 bits per heavy atom. The van der Waals surface area contributed by atoms with E-state index in [1.165, 1.54) is 0 Å². The monoisotopic (exact) mass is 188 g/mol. The summed E-state index contributed by atoms with van der Waals surface area (Å²) in [5.41, 5.74) is 0. The van der Waals surface area contributed by atoms with Crippen LogP contribution in [-0.4, -0.2) is 0 Å². The van der Waals surface area contributed by atoms with Gasteiger partial charge in [0.1, 0.15) is 0 Å². The van der Waals surface area contributed by atoms with Crippen molar-refractivity contribution >= 4 is 23.6 Å². The molecular weight excluding hydrogens is 190 g/mol. The molecule has 0 aromatic rings. The average Bonchev–Trinajstić information content (AvgIpc) is 1.50. The summed E-state index contributed by atoms with van der Waals surface area (Å²) in [5, 5.41) is 12.9. The first-order valence-electron chi connectivity index (χ1n) is 0.338. The SMILES string of the molecule is [N-2]Cl.[N-2]Cl.[Zr+4]. The van der Waals surface area contributed by atoms with Crippen LogP contribution in [0.1, 0.15) is 0 Å². The third-order valence-electron chi connectivity index (χ3n) is 0. The predicted octanol–water partition coefficient (Wildman–Crippen LogP) is 1.95. The first-order chi connectivity index (χ1) is 2.00. The molecule has 0 spiro atoms. The van der Waals surface area contributed by atoms with Gasteiger partial charge in [-0.25, -0.2) is 0 Å². The van der Waals surface area contributed by atoms with Crippen molar-refractivity contribution in [2.75, 3.05) is 0 Å². The molecule has 0 unspecified atom stereocenters. The minimum Gasteiger partial charge on any atom is -1.47 e. The van der Waals surface area contributed by atoms with E-state index in [2.05, 4.69) is 23.6 Å². The molecule has 0 radical (unpaired) electrons. The molecule has 0 amide bonds. The molecule has 0 N–H and O–H groups in total. The van der Waals surface area contributed by atoms with Gasteiger partial charge in [-0.2, -0.15) is 0 Å². The smallest absolute Gasteiger partial charge is 1.47 e. The largest absolute Gasteiger partial charge is 4.00 e. The first-order valence-corrected chi connectivity index (χ1v) is 1.01. The maximum atomic E-state index is 6.47. The van der Waals surface area contributed by atoms with Gasteiger partial charge in [-0.05, 0) is 0 Å². The standard InChI is InChI=1S/2ClN.Zr/c2*1-2;/q2*-2;+4. The Bertz CT molecular complexity index is 7.61. The van der Waals surface area contributed by atoms with E-state index in [1.807, 2.05) is 0 Å². The van der Waals surface area contributed by atoms with Gasteiger partial charge in [-0.1, -0.05) is 0 Å². The average molecular weight is 190 g/mol. The fraction of sp³-hybridized carbons (Fsp3) is 0.